The van der Waals surface area contributed by atoms with Crippen LogP contribution in [0.1, 0.15) is 24.8 Å². The first-order valence-electron chi connectivity index (χ1n) is 6.31. The molecule has 102 valence electrons. The standard InChI is InChI=1S/C15H20N2O2/c1-3-9-16-15(19)17-11-14(10-12(2)18)13-7-5-4-6-8-13/h1,4-8,12,14,18H,9-11H2,2H3,(H2,16,17,19). The normalized spacial score (nSPS) is 13.1. The molecule has 1 rings (SSSR count). The highest BCUT2D eigenvalue weighted by molar-refractivity contribution is 5.74. The molecule has 1 aromatic carbocycles. The van der Waals surface area contributed by atoms with Crippen LogP contribution in [0, 0.1) is 12.3 Å². The number of carbonyl (C=O) groups is 1. The fraction of sp³-hybridized carbons (Fsp3) is 0.400. The average Bonchev–Trinajstić information content (AvgIpc) is 2.41. The van der Waals surface area contributed by atoms with Crippen LogP contribution in [0.4, 0.5) is 4.79 Å². The van der Waals surface area contributed by atoms with Crippen LogP contribution in [0.3, 0.4) is 0 Å². The van der Waals surface area contributed by atoms with Crippen LogP contribution in [0.15, 0.2) is 30.3 Å². The Kier molecular flexibility index (Phi) is 6.48. The molecule has 0 aliphatic rings. The van der Waals surface area contributed by atoms with Crippen molar-refractivity contribution in [2.45, 2.75) is 25.4 Å². The number of aliphatic hydroxyl groups is 1. The first-order chi connectivity index (χ1) is 9.13. The van der Waals surface area contributed by atoms with Gasteiger partial charge in [-0.05, 0) is 18.9 Å². The van der Waals surface area contributed by atoms with Gasteiger partial charge in [-0.3, -0.25) is 0 Å². The Bertz CT molecular complexity index is 424. The van der Waals surface area contributed by atoms with E-state index in [1.165, 1.54) is 0 Å². The van der Waals surface area contributed by atoms with E-state index in [9.17, 15) is 9.90 Å². The molecule has 0 aliphatic carbocycles. The summed E-state index contributed by atoms with van der Waals surface area (Å²) in [6, 6.07) is 9.54. The lowest BCUT2D eigenvalue weighted by molar-refractivity contribution is 0.173. The average molecular weight is 260 g/mol. The van der Waals surface area contributed by atoms with E-state index in [4.69, 9.17) is 6.42 Å². The van der Waals surface area contributed by atoms with Crippen LogP contribution < -0.4 is 10.6 Å². The van der Waals surface area contributed by atoms with Crippen molar-refractivity contribution in [2.75, 3.05) is 13.1 Å². The Hall–Kier alpha value is -1.99. The molecule has 0 bridgehead atoms. The van der Waals surface area contributed by atoms with Gasteiger partial charge in [0.05, 0.1) is 12.6 Å². The fourth-order valence-corrected chi connectivity index (χ4v) is 1.88. The van der Waals surface area contributed by atoms with Crippen molar-refractivity contribution >= 4 is 6.03 Å². The van der Waals surface area contributed by atoms with Crippen molar-refractivity contribution in [2.24, 2.45) is 0 Å². The number of hydrogen-bond acceptors (Lipinski definition) is 2. The SMILES string of the molecule is C#CCNC(=O)NCC(CC(C)O)c1ccccc1. The molecule has 3 N–H and O–H groups in total. The molecular formula is C15H20N2O2. The third-order valence-corrected chi connectivity index (χ3v) is 2.76. The zero-order chi connectivity index (χ0) is 14.1. The molecule has 0 heterocycles. The van der Waals surface area contributed by atoms with Gasteiger partial charge < -0.3 is 15.7 Å². The predicted molar refractivity (Wildman–Crippen MR) is 75.7 cm³/mol. The zero-order valence-corrected chi connectivity index (χ0v) is 11.1. The van der Waals surface area contributed by atoms with Crippen molar-refractivity contribution < 1.29 is 9.90 Å². The van der Waals surface area contributed by atoms with Crippen molar-refractivity contribution in [3.63, 3.8) is 0 Å². The maximum Gasteiger partial charge on any atom is 0.315 e. The number of urea groups is 1. The topological polar surface area (TPSA) is 61.4 Å². The first kappa shape index (κ1) is 15.1. The molecule has 2 amide bonds. The summed E-state index contributed by atoms with van der Waals surface area (Å²) in [6.07, 6.45) is 5.24. The Labute approximate surface area is 114 Å². The molecular weight excluding hydrogens is 240 g/mol. The molecule has 4 heteroatoms. The highest BCUT2D eigenvalue weighted by Crippen LogP contribution is 2.20. The van der Waals surface area contributed by atoms with Crippen LogP contribution in [-0.2, 0) is 0 Å². The van der Waals surface area contributed by atoms with Crippen LogP contribution in [-0.4, -0.2) is 30.3 Å². The molecule has 0 radical (unpaired) electrons. The van der Waals surface area contributed by atoms with Crippen LogP contribution >= 0.6 is 0 Å². The number of benzene rings is 1. The van der Waals surface area contributed by atoms with Crippen molar-refractivity contribution in [1.82, 2.24) is 10.6 Å². The lowest BCUT2D eigenvalue weighted by Crippen LogP contribution is -2.38. The highest BCUT2D eigenvalue weighted by atomic mass is 16.3. The van der Waals surface area contributed by atoms with Crippen LogP contribution in [0.25, 0.3) is 0 Å². The van der Waals surface area contributed by atoms with Gasteiger partial charge in [0.15, 0.2) is 0 Å². The summed E-state index contributed by atoms with van der Waals surface area (Å²) < 4.78 is 0. The summed E-state index contributed by atoms with van der Waals surface area (Å²) >= 11 is 0. The lowest BCUT2D eigenvalue weighted by atomic mass is 9.93. The molecule has 0 saturated heterocycles. The van der Waals surface area contributed by atoms with Crippen molar-refractivity contribution in [3.8, 4) is 12.3 Å². The lowest BCUT2D eigenvalue weighted by Gasteiger charge is -2.19. The summed E-state index contributed by atoms with van der Waals surface area (Å²) in [4.78, 5) is 11.4. The van der Waals surface area contributed by atoms with Gasteiger partial charge in [-0.2, -0.15) is 0 Å². The second-order valence-corrected chi connectivity index (χ2v) is 4.46. The largest absolute Gasteiger partial charge is 0.393 e. The summed E-state index contributed by atoms with van der Waals surface area (Å²) in [5.41, 5.74) is 1.10. The van der Waals surface area contributed by atoms with Gasteiger partial charge in [0, 0.05) is 12.5 Å². The van der Waals surface area contributed by atoms with E-state index >= 15 is 0 Å². The van der Waals surface area contributed by atoms with Crippen LogP contribution in [0.5, 0.6) is 0 Å². The second kappa shape index (κ2) is 8.17. The van der Waals surface area contributed by atoms with Crippen molar-refractivity contribution in [3.05, 3.63) is 35.9 Å². The monoisotopic (exact) mass is 260 g/mol. The van der Waals surface area contributed by atoms with Gasteiger partial charge in [0.25, 0.3) is 0 Å². The maximum absolute atomic E-state index is 11.4. The van der Waals surface area contributed by atoms with E-state index in [2.05, 4.69) is 16.6 Å². The van der Waals surface area contributed by atoms with Gasteiger partial charge in [-0.1, -0.05) is 36.3 Å². The smallest absolute Gasteiger partial charge is 0.315 e. The molecule has 2 atom stereocenters. The molecule has 1 aromatic rings. The summed E-state index contributed by atoms with van der Waals surface area (Å²) in [6.45, 7) is 2.41. The minimum atomic E-state index is -0.416. The van der Waals surface area contributed by atoms with E-state index in [0.717, 1.165) is 5.56 Å². The third kappa shape index (κ3) is 5.94. The Balaban J connectivity index is 2.56. The number of amides is 2. The molecule has 2 unspecified atom stereocenters. The minimum absolute atomic E-state index is 0.0813. The van der Waals surface area contributed by atoms with Gasteiger partial charge in [0.1, 0.15) is 0 Å². The van der Waals surface area contributed by atoms with Gasteiger partial charge in [-0.25, -0.2) is 4.79 Å². The number of terminal acetylenes is 1. The molecule has 0 aliphatic heterocycles. The number of aliphatic hydroxyl groups excluding tert-OH is 1. The van der Waals surface area contributed by atoms with Crippen LogP contribution in [0.2, 0.25) is 0 Å². The third-order valence-electron chi connectivity index (χ3n) is 2.76. The Morgan fingerprint density at radius 2 is 2.05 bits per heavy atom. The minimum Gasteiger partial charge on any atom is -0.393 e. The van der Waals surface area contributed by atoms with Gasteiger partial charge >= 0.3 is 6.03 Å². The van der Waals surface area contributed by atoms with Gasteiger partial charge in [0.2, 0.25) is 0 Å². The van der Waals surface area contributed by atoms with E-state index in [1.807, 2.05) is 30.3 Å². The number of rotatable bonds is 6. The zero-order valence-electron chi connectivity index (χ0n) is 11.1. The molecule has 0 fully saturated rings. The number of carbonyl (C=O) groups excluding carboxylic acids is 1. The molecule has 0 saturated carbocycles. The van der Waals surface area contributed by atoms with Gasteiger partial charge in [-0.15, -0.1) is 6.42 Å². The summed E-state index contributed by atoms with van der Waals surface area (Å²) in [5.74, 6) is 2.42. The van der Waals surface area contributed by atoms with E-state index < -0.39 is 6.10 Å². The van der Waals surface area contributed by atoms with E-state index in [-0.39, 0.29) is 18.5 Å². The Morgan fingerprint density at radius 1 is 1.37 bits per heavy atom. The summed E-state index contributed by atoms with van der Waals surface area (Å²) in [5, 5.41) is 14.8. The number of hydrogen-bond donors (Lipinski definition) is 3. The quantitative estimate of drug-likeness (QED) is 0.678. The Morgan fingerprint density at radius 3 is 2.63 bits per heavy atom. The molecule has 0 aromatic heterocycles. The first-order valence-corrected chi connectivity index (χ1v) is 6.31. The molecule has 0 spiro atoms. The van der Waals surface area contributed by atoms with Crippen molar-refractivity contribution in [1.29, 1.82) is 0 Å². The molecule has 19 heavy (non-hydrogen) atoms. The summed E-state index contributed by atoms with van der Waals surface area (Å²) in [7, 11) is 0. The number of nitrogens with one attached hydrogen (secondary N) is 2. The second-order valence-electron chi connectivity index (χ2n) is 4.46. The van der Waals surface area contributed by atoms with E-state index in [0.29, 0.717) is 13.0 Å². The fourth-order valence-electron chi connectivity index (χ4n) is 1.88. The van der Waals surface area contributed by atoms with E-state index in [1.54, 1.807) is 6.92 Å². The molecule has 4 nitrogen and oxygen atoms in total. The maximum atomic E-state index is 11.4. The highest BCUT2D eigenvalue weighted by Gasteiger charge is 2.15. The predicted octanol–water partition coefficient (Wildman–Crippen LogP) is 1.47.